The van der Waals surface area contributed by atoms with Gasteiger partial charge in [0.2, 0.25) is 0 Å². The zero-order chi connectivity index (χ0) is 11.1. The molecule has 0 spiro atoms. The van der Waals surface area contributed by atoms with Gasteiger partial charge < -0.3 is 10.5 Å². The van der Waals surface area contributed by atoms with Gasteiger partial charge in [-0.2, -0.15) is 0 Å². The summed E-state index contributed by atoms with van der Waals surface area (Å²) in [6.07, 6.45) is 0.668. The lowest BCUT2D eigenvalue weighted by atomic mass is 10.1. The highest BCUT2D eigenvalue weighted by Crippen LogP contribution is 2.50. The number of methoxy groups -OCH3 is 1. The Morgan fingerprint density at radius 2 is 2.13 bits per heavy atom. The molecule has 1 aliphatic rings. The minimum atomic E-state index is -0.803. The van der Waals surface area contributed by atoms with Crippen LogP contribution in [0.25, 0.3) is 0 Å². The molecule has 0 unspecified atom stereocenters. The fourth-order valence-electron chi connectivity index (χ4n) is 1.80. The minimum Gasteiger partial charge on any atom is -0.468 e. The van der Waals surface area contributed by atoms with Crippen molar-refractivity contribution in [3.63, 3.8) is 0 Å². The van der Waals surface area contributed by atoms with Crippen LogP contribution in [0.4, 0.5) is 0 Å². The highest BCUT2D eigenvalue weighted by Gasteiger charge is 2.58. The quantitative estimate of drug-likeness (QED) is 0.834. The number of hydrogen-bond acceptors (Lipinski definition) is 3. The van der Waals surface area contributed by atoms with E-state index in [9.17, 15) is 4.79 Å². The number of nitrogens with two attached hydrogens (primary N) is 1. The molecule has 2 rings (SSSR count). The van der Waals surface area contributed by atoms with Crippen molar-refractivity contribution < 1.29 is 9.53 Å². The normalized spacial score (nSPS) is 28.6. The number of rotatable bonds is 2. The molecular weight excluding hydrogens is 258 g/mol. The van der Waals surface area contributed by atoms with Crippen molar-refractivity contribution in [2.45, 2.75) is 17.9 Å². The maximum absolute atomic E-state index is 11.4. The molecule has 80 valence electrons. The first-order valence-electron chi connectivity index (χ1n) is 4.70. The maximum atomic E-state index is 11.4. The van der Waals surface area contributed by atoms with E-state index in [1.54, 1.807) is 0 Å². The largest absolute Gasteiger partial charge is 0.468 e. The van der Waals surface area contributed by atoms with Crippen molar-refractivity contribution in [1.29, 1.82) is 0 Å². The van der Waals surface area contributed by atoms with Crippen LogP contribution in [0.15, 0.2) is 28.7 Å². The van der Waals surface area contributed by atoms with E-state index in [1.807, 2.05) is 24.3 Å². The fourth-order valence-corrected chi connectivity index (χ4v) is 2.07. The van der Waals surface area contributed by atoms with E-state index in [2.05, 4.69) is 20.7 Å². The SMILES string of the molecule is COC(=O)[C@]1(N)C[C@H]1c1ccc(Br)cc1. The summed E-state index contributed by atoms with van der Waals surface area (Å²) in [6, 6.07) is 7.86. The Morgan fingerprint density at radius 1 is 1.53 bits per heavy atom. The predicted molar refractivity (Wildman–Crippen MR) is 60.4 cm³/mol. The Hall–Kier alpha value is -0.870. The van der Waals surface area contributed by atoms with Crippen LogP contribution in [0.2, 0.25) is 0 Å². The van der Waals surface area contributed by atoms with Crippen LogP contribution < -0.4 is 5.73 Å². The lowest BCUT2D eigenvalue weighted by Gasteiger charge is -2.08. The number of esters is 1. The first-order valence-corrected chi connectivity index (χ1v) is 5.50. The second-order valence-corrected chi connectivity index (χ2v) is 4.76. The molecule has 0 amide bonds. The zero-order valence-corrected chi connectivity index (χ0v) is 9.95. The molecule has 0 aromatic heterocycles. The summed E-state index contributed by atoms with van der Waals surface area (Å²) in [5.74, 6) is -0.228. The molecule has 0 radical (unpaired) electrons. The fraction of sp³-hybridized carbons (Fsp3) is 0.364. The van der Waals surface area contributed by atoms with E-state index in [1.165, 1.54) is 7.11 Å². The van der Waals surface area contributed by atoms with Gasteiger partial charge in [0.05, 0.1) is 7.11 Å². The van der Waals surface area contributed by atoms with Crippen molar-refractivity contribution in [3.8, 4) is 0 Å². The molecule has 0 bridgehead atoms. The van der Waals surface area contributed by atoms with Crippen molar-refractivity contribution in [2.24, 2.45) is 5.73 Å². The minimum absolute atomic E-state index is 0.0954. The Bertz CT molecular complexity index is 390. The third-order valence-electron chi connectivity index (χ3n) is 2.84. The summed E-state index contributed by atoms with van der Waals surface area (Å²) in [5.41, 5.74) is 6.21. The third-order valence-corrected chi connectivity index (χ3v) is 3.37. The number of benzene rings is 1. The molecule has 3 nitrogen and oxygen atoms in total. The van der Waals surface area contributed by atoms with E-state index in [0.717, 1.165) is 10.0 Å². The molecule has 0 saturated heterocycles. The second-order valence-electron chi connectivity index (χ2n) is 3.84. The molecule has 1 aliphatic carbocycles. The average Bonchev–Trinajstić information content (AvgIpc) is 2.92. The predicted octanol–water partition coefficient (Wildman–Crippen LogP) is 1.81. The van der Waals surface area contributed by atoms with Crippen LogP contribution in [0.1, 0.15) is 17.9 Å². The highest BCUT2D eigenvalue weighted by molar-refractivity contribution is 9.10. The summed E-state index contributed by atoms with van der Waals surface area (Å²) in [5, 5.41) is 0. The zero-order valence-electron chi connectivity index (χ0n) is 8.37. The smallest absolute Gasteiger partial charge is 0.326 e. The Labute approximate surface area is 96.7 Å². The van der Waals surface area contributed by atoms with Crippen LogP contribution in [-0.4, -0.2) is 18.6 Å². The van der Waals surface area contributed by atoms with Gasteiger partial charge in [-0.1, -0.05) is 28.1 Å². The van der Waals surface area contributed by atoms with E-state index in [4.69, 9.17) is 5.73 Å². The molecule has 4 heteroatoms. The van der Waals surface area contributed by atoms with Crippen LogP contribution in [0.3, 0.4) is 0 Å². The molecular formula is C11H12BrNO2. The standard InChI is InChI=1S/C11H12BrNO2/c1-15-10(14)11(13)6-9(11)7-2-4-8(12)5-3-7/h2-5,9H,6,13H2,1H3/t9-,11-/m0/s1. The molecule has 0 aliphatic heterocycles. The molecule has 1 aromatic rings. The number of carbonyl (C=O) groups is 1. The van der Waals surface area contributed by atoms with Crippen LogP contribution in [-0.2, 0) is 9.53 Å². The molecule has 1 saturated carbocycles. The van der Waals surface area contributed by atoms with Gasteiger partial charge in [0.15, 0.2) is 0 Å². The second kappa shape index (κ2) is 3.61. The number of carbonyl (C=O) groups excluding carboxylic acids is 1. The summed E-state index contributed by atoms with van der Waals surface area (Å²) in [6.45, 7) is 0. The number of hydrogen-bond donors (Lipinski definition) is 1. The summed E-state index contributed by atoms with van der Waals surface area (Å²) in [7, 11) is 1.37. The van der Waals surface area contributed by atoms with Gasteiger partial charge in [-0.25, -0.2) is 0 Å². The lowest BCUT2D eigenvalue weighted by Crippen LogP contribution is -2.35. The first kappa shape index (κ1) is 10.6. The molecule has 1 fully saturated rings. The third kappa shape index (κ3) is 1.79. The van der Waals surface area contributed by atoms with Crippen molar-refractivity contribution in [2.75, 3.05) is 7.11 Å². The summed E-state index contributed by atoms with van der Waals surface area (Å²) >= 11 is 3.36. The molecule has 2 atom stereocenters. The van der Waals surface area contributed by atoms with Gasteiger partial charge in [-0.15, -0.1) is 0 Å². The Kier molecular flexibility index (Phi) is 2.56. The van der Waals surface area contributed by atoms with Gasteiger partial charge in [-0.05, 0) is 24.1 Å². The summed E-state index contributed by atoms with van der Waals surface area (Å²) < 4.78 is 5.70. The van der Waals surface area contributed by atoms with Gasteiger partial charge in [0, 0.05) is 10.4 Å². The summed E-state index contributed by atoms with van der Waals surface area (Å²) in [4.78, 5) is 11.4. The monoisotopic (exact) mass is 269 g/mol. The van der Waals surface area contributed by atoms with Gasteiger partial charge in [0.25, 0.3) is 0 Å². The first-order chi connectivity index (χ1) is 7.08. The van der Waals surface area contributed by atoms with Crippen molar-refractivity contribution in [3.05, 3.63) is 34.3 Å². The van der Waals surface area contributed by atoms with E-state index in [-0.39, 0.29) is 11.9 Å². The number of ether oxygens (including phenoxy) is 1. The van der Waals surface area contributed by atoms with Crippen molar-refractivity contribution in [1.82, 2.24) is 0 Å². The van der Waals surface area contributed by atoms with Crippen LogP contribution >= 0.6 is 15.9 Å². The van der Waals surface area contributed by atoms with Crippen LogP contribution in [0.5, 0.6) is 0 Å². The Balaban J connectivity index is 2.16. The topological polar surface area (TPSA) is 52.3 Å². The lowest BCUT2D eigenvalue weighted by molar-refractivity contribution is -0.143. The van der Waals surface area contributed by atoms with Gasteiger partial charge in [0.1, 0.15) is 5.54 Å². The molecule has 1 aromatic carbocycles. The van der Waals surface area contributed by atoms with Gasteiger partial charge >= 0.3 is 5.97 Å². The van der Waals surface area contributed by atoms with Gasteiger partial charge in [-0.3, -0.25) is 4.79 Å². The van der Waals surface area contributed by atoms with E-state index >= 15 is 0 Å². The molecule has 15 heavy (non-hydrogen) atoms. The average molecular weight is 270 g/mol. The van der Waals surface area contributed by atoms with E-state index < -0.39 is 5.54 Å². The molecule has 2 N–H and O–H groups in total. The van der Waals surface area contributed by atoms with Crippen molar-refractivity contribution >= 4 is 21.9 Å². The molecule has 0 heterocycles. The Morgan fingerprint density at radius 3 is 2.67 bits per heavy atom. The van der Waals surface area contributed by atoms with E-state index in [0.29, 0.717) is 6.42 Å². The highest BCUT2D eigenvalue weighted by atomic mass is 79.9. The number of halogens is 1. The maximum Gasteiger partial charge on any atom is 0.326 e. The van der Waals surface area contributed by atoms with Crippen LogP contribution in [0, 0.1) is 0 Å².